The van der Waals surface area contributed by atoms with Crippen LogP contribution in [0.25, 0.3) is 11.0 Å². The van der Waals surface area contributed by atoms with Gasteiger partial charge >= 0.3 is 0 Å². The standard InChI is InChI=1S/C23H33N3O/c27-23(19-11-5-2-6-12-19)24-17-22-25-20-13-7-8-14-21(20)26(22)16-15-18-9-3-1-4-10-18/h7-8,13-14,18-19H,1-6,9-12,15-17H2,(H,24,27). The van der Waals surface area contributed by atoms with Crippen LogP contribution < -0.4 is 5.32 Å². The summed E-state index contributed by atoms with van der Waals surface area (Å²) in [7, 11) is 0. The summed E-state index contributed by atoms with van der Waals surface area (Å²) in [4.78, 5) is 17.4. The first kappa shape index (κ1) is 18.5. The van der Waals surface area contributed by atoms with Gasteiger partial charge in [-0.2, -0.15) is 0 Å². The van der Waals surface area contributed by atoms with E-state index in [1.807, 2.05) is 6.07 Å². The van der Waals surface area contributed by atoms with Crippen molar-refractivity contribution in [2.24, 2.45) is 11.8 Å². The van der Waals surface area contributed by atoms with Crippen LogP contribution >= 0.6 is 0 Å². The Morgan fingerprint density at radius 1 is 1.00 bits per heavy atom. The van der Waals surface area contributed by atoms with Gasteiger partial charge in [0.15, 0.2) is 0 Å². The normalized spacial score (nSPS) is 19.4. The molecule has 2 saturated carbocycles. The molecule has 2 aromatic rings. The quantitative estimate of drug-likeness (QED) is 0.762. The molecular weight excluding hydrogens is 334 g/mol. The summed E-state index contributed by atoms with van der Waals surface area (Å²) in [5.74, 6) is 2.29. The highest BCUT2D eigenvalue weighted by Crippen LogP contribution is 2.28. The molecule has 0 unspecified atom stereocenters. The van der Waals surface area contributed by atoms with Crippen LogP contribution in [-0.2, 0) is 17.9 Å². The van der Waals surface area contributed by atoms with E-state index < -0.39 is 0 Å². The first-order valence-corrected chi connectivity index (χ1v) is 11.0. The number of hydrogen-bond acceptors (Lipinski definition) is 2. The number of carbonyl (C=O) groups excluding carboxylic acids is 1. The lowest BCUT2D eigenvalue weighted by Gasteiger charge is -2.22. The molecule has 1 heterocycles. The molecule has 0 bridgehead atoms. The lowest BCUT2D eigenvalue weighted by atomic mass is 9.87. The number of aromatic nitrogens is 2. The van der Waals surface area contributed by atoms with Gasteiger partial charge in [-0.15, -0.1) is 0 Å². The summed E-state index contributed by atoms with van der Waals surface area (Å²) in [6.07, 6.45) is 13.9. The maximum atomic E-state index is 12.6. The molecular formula is C23H33N3O. The number of nitrogens with zero attached hydrogens (tertiary/aromatic N) is 2. The minimum Gasteiger partial charge on any atom is -0.349 e. The number of imidazole rings is 1. The second-order valence-corrected chi connectivity index (χ2v) is 8.51. The van der Waals surface area contributed by atoms with Gasteiger partial charge in [-0.3, -0.25) is 4.79 Å². The molecule has 1 aromatic carbocycles. The number of carbonyl (C=O) groups is 1. The summed E-state index contributed by atoms with van der Waals surface area (Å²) >= 11 is 0. The first-order chi connectivity index (χ1) is 13.3. The van der Waals surface area contributed by atoms with Crippen molar-refractivity contribution in [2.75, 3.05) is 0 Å². The Hall–Kier alpha value is -1.84. The van der Waals surface area contributed by atoms with Gasteiger partial charge in [-0.1, -0.05) is 63.5 Å². The van der Waals surface area contributed by atoms with Crippen molar-refractivity contribution in [1.29, 1.82) is 0 Å². The van der Waals surface area contributed by atoms with E-state index in [-0.39, 0.29) is 11.8 Å². The Kier molecular flexibility index (Phi) is 6.10. The number of amides is 1. The summed E-state index contributed by atoms with van der Waals surface area (Å²) in [5, 5.41) is 3.19. The molecule has 0 radical (unpaired) electrons. The Bertz CT molecular complexity index is 754. The number of para-hydroxylation sites is 2. The Morgan fingerprint density at radius 3 is 2.48 bits per heavy atom. The Balaban J connectivity index is 1.44. The van der Waals surface area contributed by atoms with Gasteiger partial charge in [0.2, 0.25) is 5.91 Å². The van der Waals surface area contributed by atoms with Crippen LogP contribution in [0.3, 0.4) is 0 Å². The Labute approximate surface area is 162 Å². The van der Waals surface area contributed by atoms with E-state index in [1.54, 1.807) is 0 Å². The Morgan fingerprint density at radius 2 is 1.70 bits per heavy atom. The van der Waals surface area contributed by atoms with Crippen LogP contribution in [0.1, 0.15) is 76.5 Å². The molecule has 4 nitrogen and oxygen atoms in total. The van der Waals surface area contributed by atoms with Gasteiger partial charge in [0, 0.05) is 12.5 Å². The molecule has 0 saturated heterocycles. The van der Waals surface area contributed by atoms with Crippen LogP contribution in [0.2, 0.25) is 0 Å². The number of hydrogen-bond donors (Lipinski definition) is 1. The molecule has 2 fully saturated rings. The van der Waals surface area contributed by atoms with E-state index in [0.29, 0.717) is 6.54 Å². The number of nitrogens with one attached hydrogen (secondary N) is 1. The minimum atomic E-state index is 0.207. The topological polar surface area (TPSA) is 46.9 Å². The van der Waals surface area contributed by atoms with E-state index >= 15 is 0 Å². The summed E-state index contributed by atoms with van der Waals surface area (Å²) in [5.41, 5.74) is 2.25. The third kappa shape index (κ3) is 4.53. The number of benzene rings is 1. The molecule has 0 atom stereocenters. The summed E-state index contributed by atoms with van der Waals surface area (Å²) in [6.45, 7) is 1.56. The van der Waals surface area contributed by atoms with Gasteiger partial charge in [-0.05, 0) is 37.3 Å². The van der Waals surface area contributed by atoms with E-state index in [4.69, 9.17) is 4.98 Å². The average molecular weight is 368 g/mol. The summed E-state index contributed by atoms with van der Waals surface area (Å²) < 4.78 is 2.35. The molecule has 4 rings (SSSR count). The van der Waals surface area contributed by atoms with E-state index in [0.717, 1.165) is 36.6 Å². The highest BCUT2D eigenvalue weighted by molar-refractivity contribution is 5.79. The van der Waals surface area contributed by atoms with Gasteiger partial charge in [0.25, 0.3) is 0 Å². The van der Waals surface area contributed by atoms with Crippen molar-refractivity contribution in [3.05, 3.63) is 30.1 Å². The predicted octanol–water partition coefficient (Wildman–Crippen LogP) is 5.20. The smallest absolute Gasteiger partial charge is 0.223 e. The molecule has 4 heteroatoms. The molecule has 1 aromatic heterocycles. The zero-order valence-corrected chi connectivity index (χ0v) is 16.5. The summed E-state index contributed by atoms with van der Waals surface area (Å²) in [6, 6.07) is 8.38. The number of fused-ring (bicyclic) bond motifs is 1. The van der Waals surface area contributed by atoms with Crippen molar-refractivity contribution in [2.45, 2.75) is 83.7 Å². The van der Waals surface area contributed by atoms with Crippen molar-refractivity contribution >= 4 is 16.9 Å². The van der Waals surface area contributed by atoms with Gasteiger partial charge in [0.1, 0.15) is 5.82 Å². The van der Waals surface area contributed by atoms with Crippen LogP contribution in [-0.4, -0.2) is 15.5 Å². The molecule has 0 aliphatic heterocycles. The van der Waals surface area contributed by atoms with Crippen molar-refractivity contribution in [3.8, 4) is 0 Å². The van der Waals surface area contributed by atoms with Crippen molar-refractivity contribution in [3.63, 3.8) is 0 Å². The lowest BCUT2D eigenvalue weighted by Crippen LogP contribution is -2.32. The van der Waals surface area contributed by atoms with Crippen LogP contribution in [0.5, 0.6) is 0 Å². The fourth-order valence-corrected chi connectivity index (χ4v) is 4.97. The zero-order chi connectivity index (χ0) is 18.5. The molecule has 2 aliphatic rings. The molecule has 1 N–H and O–H groups in total. The van der Waals surface area contributed by atoms with E-state index in [9.17, 15) is 4.79 Å². The highest BCUT2D eigenvalue weighted by Gasteiger charge is 2.22. The molecule has 0 spiro atoms. The lowest BCUT2D eigenvalue weighted by molar-refractivity contribution is -0.126. The SMILES string of the molecule is O=C(NCc1nc2ccccc2n1CCC1CCCCC1)C1CCCCC1. The average Bonchev–Trinajstić information content (AvgIpc) is 3.09. The number of aryl methyl sites for hydroxylation is 1. The number of rotatable bonds is 6. The predicted molar refractivity (Wildman–Crippen MR) is 109 cm³/mol. The second kappa shape index (κ2) is 8.90. The van der Waals surface area contributed by atoms with Crippen LogP contribution in [0.15, 0.2) is 24.3 Å². The first-order valence-electron chi connectivity index (χ1n) is 11.0. The monoisotopic (exact) mass is 367 g/mol. The highest BCUT2D eigenvalue weighted by atomic mass is 16.1. The molecule has 27 heavy (non-hydrogen) atoms. The van der Waals surface area contributed by atoms with E-state index in [2.05, 4.69) is 28.1 Å². The third-order valence-electron chi connectivity index (χ3n) is 6.62. The molecule has 146 valence electrons. The van der Waals surface area contributed by atoms with Crippen molar-refractivity contribution < 1.29 is 4.79 Å². The van der Waals surface area contributed by atoms with Gasteiger partial charge in [-0.25, -0.2) is 4.98 Å². The van der Waals surface area contributed by atoms with Crippen LogP contribution in [0.4, 0.5) is 0 Å². The third-order valence-corrected chi connectivity index (χ3v) is 6.62. The fraction of sp³-hybridized carbons (Fsp3) is 0.652. The molecule has 2 aliphatic carbocycles. The maximum absolute atomic E-state index is 12.6. The van der Waals surface area contributed by atoms with Gasteiger partial charge in [0.05, 0.1) is 17.6 Å². The maximum Gasteiger partial charge on any atom is 0.223 e. The van der Waals surface area contributed by atoms with Gasteiger partial charge < -0.3 is 9.88 Å². The van der Waals surface area contributed by atoms with E-state index in [1.165, 1.54) is 63.3 Å². The van der Waals surface area contributed by atoms with Crippen molar-refractivity contribution in [1.82, 2.24) is 14.9 Å². The van der Waals surface area contributed by atoms with Crippen LogP contribution in [0, 0.1) is 11.8 Å². The minimum absolute atomic E-state index is 0.207. The largest absolute Gasteiger partial charge is 0.349 e. The zero-order valence-electron chi connectivity index (χ0n) is 16.5. The fourth-order valence-electron chi connectivity index (χ4n) is 4.97. The second-order valence-electron chi connectivity index (χ2n) is 8.51. The molecule has 1 amide bonds.